The van der Waals surface area contributed by atoms with Crippen LogP contribution >= 0.6 is 12.4 Å². The maximum atomic E-state index is 11.9. The third-order valence-electron chi connectivity index (χ3n) is 3.20. The maximum Gasteiger partial charge on any atom is 0.221 e. The van der Waals surface area contributed by atoms with Gasteiger partial charge in [-0.15, -0.1) is 12.4 Å². The van der Waals surface area contributed by atoms with Crippen LogP contribution in [-0.4, -0.2) is 50.1 Å². The highest BCUT2D eigenvalue weighted by atomic mass is 35.5. The lowest BCUT2D eigenvalue weighted by Gasteiger charge is -2.34. The van der Waals surface area contributed by atoms with Crippen LogP contribution in [-0.2, 0) is 14.8 Å². The lowest BCUT2D eigenvalue weighted by Crippen LogP contribution is -2.49. The summed E-state index contributed by atoms with van der Waals surface area (Å²) in [5.74, 6) is -0.00261. The van der Waals surface area contributed by atoms with Gasteiger partial charge in [0.05, 0.1) is 5.75 Å². The fraction of sp³-hybridized carbons (Fsp3) is 0.909. The van der Waals surface area contributed by atoms with Crippen molar-refractivity contribution in [1.82, 2.24) is 9.62 Å². The van der Waals surface area contributed by atoms with Gasteiger partial charge in [0.1, 0.15) is 0 Å². The van der Waals surface area contributed by atoms with E-state index in [0.29, 0.717) is 19.6 Å². The molecule has 1 unspecified atom stereocenters. The summed E-state index contributed by atoms with van der Waals surface area (Å²) in [6, 6.07) is -0.106. The van der Waals surface area contributed by atoms with Crippen molar-refractivity contribution in [2.45, 2.75) is 38.6 Å². The van der Waals surface area contributed by atoms with Crippen LogP contribution in [0.1, 0.15) is 32.6 Å². The van der Waals surface area contributed by atoms with Crippen molar-refractivity contribution in [2.75, 3.05) is 25.4 Å². The van der Waals surface area contributed by atoms with E-state index in [1.54, 1.807) is 11.2 Å². The number of halogens is 1. The molecule has 0 spiro atoms. The molecule has 8 heteroatoms. The second kappa shape index (κ2) is 8.73. The molecule has 1 aliphatic heterocycles. The summed E-state index contributed by atoms with van der Waals surface area (Å²) in [6.07, 6.45) is 3.00. The van der Waals surface area contributed by atoms with Gasteiger partial charge >= 0.3 is 0 Å². The minimum atomic E-state index is -3.17. The first-order valence-corrected chi connectivity index (χ1v) is 8.08. The molecular formula is C11H24ClN3O3S. The van der Waals surface area contributed by atoms with Crippen LogP contribution < -0.4 is 11.1 Å². The fourth-order valence-electron chi connectivity index (χ4n) is 2.16. The second-order valence-corrected chi connectivity index (χ2v) is 6.71. The van der Waals surface area contributed by atoms with E-state index in [1.807, 2.05) is 0 Å². The van der Waals surface area contributed by atoms with E-state index in [9.17, 15) is 13.2 Å². The summed E-state index contributed by atoms with van der Waals surface area (Å²) >= 11 is 0. The van der Waals surface area contributed by atoms with Gasteiger partial charge in [-0.25, -0.2) is 8.42 Å². The minimum Gasteiger partial charge on any atom is -0.354 e. The second-order valence-electron chi connectivity index (χ2n) is 4.50. The number of amides is 1. The predicted octanol–water partition coefficient (Wildman–Crippen LogP) is 0.0774. The maximum absolute atomic E-state index is 11.9. The molecule has 0 aliphatic carbocycles. The molecule has 1 aliphatic rings. The van der Waals surface area contributed by atoms with E-state index < -0.39 is 10.0 Å². The van der Waals surface area contributed by atoms with Gasteiger partial charge in [0, 0.05) is 32.1 Å². The van der Waals surface area contributed by atoms with Crippen LogP contribution in [0.4, 0.5) is 0 Å². The number of carbonyl (C=O) groups excluding carboxylic acids is 1. The van der Waals surface area contributed by atoms with Gasteiger partial charge in [-0.1, -0.05) is 6.42 Å². The SMILES string of the molecule is CCS(=O)(=O)N1CCCCC1CNC(=O)CCN.Cl. The molecule has 0 aromatic rings. The van der Waals surface area contributed by atoms with Gasteiger partial charge in [-0.2, -0.15) is 4.31 Å². The Morgan fingerprint density at radius 1 is 1.42 bits per heavy atom. The van der Waals surface area contributed by atoms with E-state index >= 15 is 0 Å². The Balaban J connectivity index is 0.00000324. The molecule has 3 N–H and O–H groups in total. The molecule has 1 rings (SSSR count). The molecule has 19 heavy (non-hydrogen) atoms. The standard InChI is InChI=1S/C11H23N3O3S.ClH/c1-2-18(16,17)14-8-4-3-5-10(14)9-13-11(15)6-7-12;/h10H,2-9,12H2,1H3,(H,13,15);1H. The topological polar surface area (TPSA) is 92.5 Å². The third kappa shape index (κ3) is 5.64. The van der Waals surface area contributed by atoms with E-state index in [0.717, 1.165) is 19.3 Å². The van der Waals surface area contributed by atoms with Gasteiger partial charge in [0.2, 0.25) is 15.9 Å². The third-order valence-corrected chi connectivity index (χ3v) is 5.13. The summed E-state index contributed by atoms with van der Waals surface area (Å²) in [7, 11) is -3.17. The van der Waals surface area contributed by atoms with E-state index in [-0.39, 0.29) is 36.5 Å². The molecule has 1 amide bonds. The van der Waals surface area contributed by atoms with Crippen LogP contribution in [0.2, 0.25) is 0 Å². The minimum absolute atomic E-state index is 0. The van der Waals surface area contributed by atoms with Crippen molar-refractivity contribution in [2.24, 2.45) is 5.73 Å². The largest absolute Gasteiger partial charge is 0.354 e. The highest BCUT2D eigenvalue weighted by molar-refractivity contribution is 7.89. The Bertz CT molecular complexity index is 375. The zero-order valence-corrected chi connectivity index (χ0v) is 12.9. The summed E-state index contributed by atoms with van der Waals surface area (Å²) in [5, 5.41) is 2.75. The van der Waals surface area contributed by atoms with Gasteiger partial charge in [0.25, 0.3) is 0 Å². The summed E-state index contributed by atoms with van der Waals surface area (Å²) < 4.78 is 25.4. The number of carbonyl (C=O) groups is 1. The Morgan fingerprint density at radius 2 is 2.11 bits per heavy atom. The molecule has 1 atom stereocenters. The Kier molecular flexibility index (Phi) is 8.56. The highest BCUT2D eigenvalue weighted by Crippen LogP contribution is 2.20. The molecule has 6 nitrogen and oxygen atoms in total. The normalized spacial score (nSPS) is 20.6. The van der Waals surface area contributed by atoms with Crippen molar-refractivity contribution < 1.29 is 13.2 Å². The molecule has 0 aromatic heterocycles. The predicted molar refractivity (Wildman–Crippen MR) is 77.7 cm³/mol. The van der Waals surface area contributed by atoms with Crippen LogP contribution in [0, 0.1) is 0 Å². The van der Waals surface area contributed by atoms with E-state index in [2.05, 4.69) is 5.32 Å². The Hall–Kier alpha value is -0.370. The molecule has 0 aromatic carbocycles. The average molecular weight is 314 g/mol. The van der Waals surface area contributed by atoms with Crippen LogP contribution in [0.5, 0.6) is 0 Å². The summed E-state index contributed by atoms with van der Waals surface area (Å²) in [5.41, 5.74) is 5.29. The molecule has 1 heterocycles. The summed E-state index contributed by atoms with van der Waals surface area (Å²) in [4.78, 5) is 11.4. The van der Waals surface area contributed by atoms with E-state index in [4.69, 9.17) is 5.73 Å². The van der Waals surface area contributed by atoms with Crippen LogP contribution in [0.15, 0.2) is 0 Å². The number of nitrogens with one attached hydrogen (secondary N) is 1. The first kappa shape index (κ1) is 18.6. The number of rotatable bonds is 6. The van der Waals surface area contributed by atoms with Crippen molar-refractivity contribution >= 4 is 28.3 Å². The zero-order valence-electron chi connectivity index (χ0n) is 11.3. The van der Waals surface area contributed by atoms with Gasteiger partial charge < -0.3 is 11.1 Å². The number of nitrogens with two attached hydrogens (primary N) is 1. The first-order chi connectivity index (χ1) is 8.51. The Labute approximate surface area is 121 Å². The molecule has 0 radical (unpaired) electrons. The molecular weight excluding hydrogens is 290 g/mol. The number of nitrogens with zero attached hydrogens (tertiary/aromatic N) is 1. The molecule has 0 saturated carbocycles. The first-order valence-electron chi connectivity index (χ1n) is 6.47. The molecule has 1 fully saturated rings. The number of hydrogen-bond acceptors (Lipinski definition) is 4. The molecule has 0 bridgehead atoms. The number of hydrogen-bond donors (Lipinski definition) is 2. The Morgan fingerprint density at radius 3 is 2.68 bits per heavy atom. The monoisotopic (exact) mass is 313 g/mol. The van der Waals surface area contributed by atoms with Gasteiger partial charge in [-0.05, 0) is 19.8 Å². The number of sulfonamides is 1. The molecule has 114 valence electrons. The lowest BCUT2D eigenvalue weighted by molar-refractivity contribution is -0.121. The van der Waals surface area contributed by atoms with Gasteiger partial charge in [0.15, 0.2) is 0 Å². The van der Waals surface area contributed by atoms with Gasteiger partial charge in [-0.3, -0.25) is 4.79 Å². The quantitative estimate of drug-likeness (QED) is 0.726. The average Bonchev–Trinajstić information content (AvgIpc) is 2.37. The smallest absolute Gasteiger partial charge is 0.221 e. The molecule has 1 saturated heterocycles. The number of piperidine rings is 1. The lowest BCUT2D eigenvalue weighted by atomic mass is 10.1. The summed E-state index contributed by atoms with van der Waals surface area (Å²) in [6.45, 7) is 2.91. The van der Waals surface area contributed by atoms with Crippen molar-refractivity contribution in [3.63, 3.8) is 0 Å². The fourth-order valence-corrected chi connectivity index (χ4v) is 3.53. The van der Waals surface area contributed by atoms with Crippen LogP contribution in [0.3, 0.4) is 0 Å². The van der Waals surface area contributed by atoms with Crippen molar-refractivity contribution in [1.29, 1.82) is 0 Å². The van der Waals surface area contributed by atoms with E-state index in [1.165, 1.54) is 0 Å². The van der Waals surface area contributed by atoms with Crippen molar-refractivity contribution in [3.05, 3.63) is 0 Å². The highest BCUT2D eigenvalue weighted by Gasteiger charge is 2.30. The van der Waals surface area contributed by atoms with Crippen molar-refractivity contribution in [3.8, 4) is 0 Å². The zero-order chi connectivity index (χ0) is 13.6. The van der Waals surface area contributed by atoms with Crippen LogP contribution in [0.25, 0.3) is 0 Å².